The molecule has 1 N–H and O–H groups in total. The Morgan fingerprint density at radius 1 is 1.17 bits per heavy atom. The van der Waals surface area contributed by atoms with Crippen LogP contribution in [0.3, 0.4) is 0 Å². The second kappa shape index (κ2) is 6.83. The molecular formula is C19H17NO3. The number of carbonyl (C=O) groups is 1. The minimum atomic E-state index is -0.149. The Balaban J connectivity index is 1.77. The number of amides is 1. The highest BCUT2D eigenvalue weighted by Gasteiger charge is 2.12. The highest BCUT2D eigenvalue weighted by atomic mass is 16.5. The van der Waals surface area contributed by atoms with Crippen molar-refractivity contribution in [3.8, 4) is 11.5 Å². The first-order valence-electron chi connectivity index (χ1n) is 7.31. The zero-order valence-corrected chi connectivity index (χ0v) is 12.8. The van der Waals surface area contributed by atoms with Crippen molar-refractivity contribution >= 4 is 12.0 Å². The average molecular weight is 307 g/mol. The van der Waals surface area contributed by atoms with Crippen molar-refractivity contribution in [3.05, 3.63) is 77.6 Å². The second-order valence-electron chi connectivity index (χ2n) is 5.09. The van der Waals surface area contributed by atoms with Gasteiger partial charge >= 0.3 is 0 Å². The molecule has 1 heterocycles. The Hall–Kier alpha value is -3.01. The minimum absolute atomic E-state index is 0.149. The fraction of sp³-hybridized carbons (Fsp3) is 0.105. The van der Waals surface area contributed by atoms with E-state index in [9.17, 15) is 4.79 Å². The SMILES string of the molecule is COc1ccc2c(c1)C=C(C(=O)NCc1ccccc1)C=CO2. The molecule has 23 heavy (non-hydrogen) atoms. The number of fused-ring (bicyclic) bond motifs is 1. The van der Waals surface area contributed by atoms with Gasteiger partial charge in [-0.05, 0) is 35.9 Å². The van der Waals surface area contributed by atoms with Crippen molar-refractivity contribution in [2.75, 3.05) is 7.11 Å². The van der Waals surface area contributed by atoms with Crippen molar-refractivity contribution in [1.29, 1.82) is 0 Å². The number of nitrogens with one attached hydrogen (secondary N) is 1. The van der Waals surface area contributed by atoms with Gasteiger partial charge in [-0.3, -0.25) is 4.79 Å². The molecule has 0 fully saturated rings. The first-order chi connectivity index (χ1) is 11.3. The number of methoxy groups -OCH3 is 1. The lowest BCUT2D eigenvalue weighted by molar-refractivity contribution is -0.117. The van der Waals surface area contributed by atoms with Crippen LogP contribution in [0.5, 0.6) is 11.5 Å². The third-order valence-corrected chi connectivity index (χ3v) is 3.53. The van der Waals surface area contributed by atoms with E-state index in [0.717, 1.165) is 16.9 Å². The minimum Gasteiger partial charge on any atom is -0.497 e. The zero-order valence-electron chi connectivity index (χ0n) is 12.8. The summed E-state index contributed by atoms with van der Waals surface area (Å²) in [4.78, 5) is 12.4. The van der Waals surface area contributed by atoms with E-state index in [1.54, 1.807) is 19.3 Å². The molecule has 4 heteroatoms. The van der Waals surface area contributed by atoms with Crippen LogP contribution < -0.4 is 14.8 Å². The Labute approximate surface area is 135 Å². The number of carbonyl (C=O) groups excluding carboxylic acids is 1. The van der Waals surface area contributed by atoms with E-state index in [1.165, 1.54) is 6.26 Å². The molecule has 1 aliphatic heterocycles. The van der Waals surface area contributed by atoms with Crippen molar-refractivity contribution in [2.45, 2.75) is 6.54 Å². The van der Waals surface area contributed by atoms with Gasteiger partial charge in [-0.25, -0.2) is 0 Å². The van der Waals surface area contributed by atoms with E-state index in [0.29, 0.717) is 17.9 Å². The summed E-state index contributed by atoms with van der Waals surface area (Å²) in [6.45, 7) is 0.483. The first kappa shape index (κ1) is 14.9. The summed E-state index contributed by atoms with van der Waals surface area (Å²) in [5.41, 5.74) is 2.39. The molecule has 0 spiro atoms. The van der Waals surface area contributed by atoms with Crippen molar-refractivity contribution in [2.24, 2.45) is 0 Å². The molecule has 116 valence electrons. The van der Waals surface area contributed by atoms with E-state index >= 15 is 0 Å². The normalized spacial score (nSPS) is 12.5. The van der Waals surface area contributed by atoms with Crippen LogP contribution in [0.15, 0.2) is 66.4 Å². The highest BCUT2D eigenvalue weighted by molar-refractivity contribution is 6.01. The molecule has 1 aliphatic rings. The number of rotatable bonds is 4. The van der Waals surface area contributed by atoms with Crippen LogP contribution in [0.2, 0.25) is 0 Å². The summed E-state index contributed by atoms with van der Waals surface area (Å²) in [5.74, 6) is 1.26. The third kappa shape index (κ3) is 3.61. The summed E-state index contributed by atoms with van der Waals surface area (Å²) in [6.07, 6.45) is 4.97. The molecule has 0 bridgehead atoms. The van der Waals surface area contributed by atoms with Gasteiger partial charge in [0.05, 0.1) is 13.4 Å². The van der Waals surface area contributed by atoms with E-state index in [2.05, 4.69) is 5.32 Å². The lowest BCUT2D eigenvalue weighted by Gasteiger charge is -2.07. The average Bonchev–Trinajstić information content (AvgIpc) is 2.82. The fourth-order valence-corrected chi connectivity index (χ4v) is 2.29. The predicted octanol–water partition coefficient (Wildman–Crippen LogP) is 3.30. The maximum absolute atomic E-state index is 12.4. The quantitative estimate of drug-likeness (QED) is 0.943. The first-order valence-corrected chi connectivity index (χ1v) is 7.31. The van der Waals surface area contributed by atoms with Crippen molar-refractivity contribution in [1.82, 2.24) is 5.32 Å². The molecule has 0 unspecified atom stereocenters. The fourth-order valence-electron chi connectivity index (χ4n) is 2.29. The van der Waals surface area contributed by atoms with Crippen LogP contribution in [0, 0.1) is 0 Å². The van der Waals surface area contributed by atoms with Crippen LogP contribution in [0.4, 0.5) is 0 Å². The zero-order chi connectivity index (χ0) is 16.1. The summed E-state index contributed by atoms with van der Waals surface area (Å²) in [6, 6.07) is 15.3. The van der Waals surface area contributed by atoms with Gasteiger partial charge in [-0.1, -0.05) is 30.3 Å². The number of hydrogen-bond donors (Lipinski definition) is 1. The molecule has 4 nitrogen and oxygen atoms in total. The number of benzene rings is 2. The number of hydrogen-bond acceptors (Lipinski definition) is 3. The maximum atomic E-state index is 12.4. The molecule has 2 aromatic carbocycles. The van der Waals surface area contributed by atoms with Crippen LogP contribution in [-0.2, 0) is 11.3 Å². The van der Waals surface area contributed by atoms with Gasteiger partial charge < -0.3 is 14.8 Å². The van der Waals surface area contributed by atoms with Gasteiger partial charge in [0.1, 0.15) is 11.5 Å². The highest BCUT2D eigenvalue weighted by Crippen LogP contribution is 2.28. The molecule has 3 rings (SSSR count). The van der Waals surface area contributed by atoms with E-state index in [-0.39, 0.29) is 5.91 Å². The molecule has 0 saturated carbocycles. The van der Waals surface area contributed by atoms with Crippen LogP contribution in [0.25, 0.3) is 6.08 Å². The lowest BCUT2D eigenvalue weighted by Crippen LogP contribution is -2.23. The van der Waals surface area contributed by atoms with Gasteiger partial charge in [0.2, 0.25) is 0 Å². The van der Waals surface area contributed by atoms with Gasteiger partial charge in [-0.15, -0.1) is 0 Å². The van der Waals surface area contributed by atoms with E-state index in [1.807, 2.05) is 48.5 Å². The van der Waals surface area contributed by atoms with Crippen molar-refractivity contribution < 1.29 is 14.3 Å². The van der Waals surface area contributed by atoms with E-state index < -0.39 is 0 Å². The lowest BCUT2D eigenvalue weighted by atomic mass is 10.1. The van der Waals surface area contributed by atoms with Gasteiger partial charge in [0, 0.05) is 17.7 Å². The van der Waals surface area contributed by atoms with Crippen LogP contribution in [-0.4, -0.2) is 13.0 Å². The second-order valence-corrected chi connectivity index (χ2v) is 5.09. The Bertz CT molecular complexity index is 763. The molecule has 0 aromatic heterocycles. The Morgan fingerprint density at radius 3 is 2.78 bits per heavy atom. The Kier molecular flexibility index (Phi) is 4.43. The van der Waals surface area contributed by atoms with Gasteiger partial charge in [0.25, 0.3) is 5.91 Å². The molecule has 2 aromatic rings. The molecule has 0 aliphatic carbocycles. The van der Waals surface area contributed by atoms with Crippen LogP contribution >= 0.6 is 0 Å². The standard InChI is InChI=1S/C19H17NO3/c1-22-17-7-8-18-16(12-17)11-15(9-10-23-18)19(21)20-13-14-5-3-2-4-6-14/h2-12H,13H2,1H3,(H,20,21). The molecule has 0 atom stereocenters. The van der Waals surface area contributed by atoms with Crippen molar-refractivity contribution in [3.63, 3.8) is 0 Å². The van der Waals surface area contributed by atoms with Crippen LogP contribution in [0.1, 0.15) is 11.1 Å². The smallest absolute Gasteiger partial charge is 0.251 e. The summed E-state index contributed by atoms with van der Waals surface area (Å²) in [7, 11) is 1.61. The van der Waals surface area contributed by atoms with Gasteiger partial charge in [-0.2, -0.15) is 0 Å². The number of ether oxygens (including phenoxy) is 2. The van der Waals surface area contributed by atoms with Gasteiger partial charge in [0.15, 0.2) is 0 Å². The molecule has 0 saturated heterocycles. The van der Waals surface area contributed by atoms with E-state index in [4.69, 9.17) is 9.47 Å². The Morgan fingerprint density at radius 2 is 2.00 bits per heavy atom. The summed E-state index contributed by atoms with van der Waals surface area (Å²) < 4.78 is 10.7. The topological polar surface area (TPSA) is 47.6 Å². The summed E-state index contributed by atoms with van der Waals surface area (Å²) in [5, 5.41) is 2.91. The molecular weight excluding hydrogens is 290 g/mol. The summed E-state index contributed by atoms with van der Waals surface area (Å²) >= 11 is 0. The largest absolute Gasteiger partial charge is 0.497 e. The third-order valence-electron chi connectivity index (χ3n) is 3.53. The molecule has 0 radical (unpaired) electrons. The monoisotopic (exact) mass is 307 g/mol. The predicted molar refractivity (Wildman–Crippen MR) is 89.0 cm³/mol. The molecule has 1 amide bonds. The maximum Gasteiger partial charge on any atom is 0.251 e.